The zero-order valence-corrected chi connectivity index (χ0v) is 15.3. The van der Waals surface area contributed by atoms with Crippen LogP contribution in [0.2, 0.25) is 0 Å². The molecule has 1 atom stereocenters. The van der Waals surface area contributed by atoms with Crippen LogP contribution < -0.4 is 0 Å². The zero-order chi connectivity index (χ0) is 17.1. The Morgan fingerprint density at radius 1 is 1.08 bits per heavy atom. The molecule has 0 bridgehead atoms. The summed E-state index contributed by atoms with van der Waals surface area (Å²) in [5.74, 6) is 0. The van der Waals surface area contributed by atoms with Crippen molar-refractivity contribution in [1.29, 1.82) is 0 Å². The van der Waals surface area contributed by atoms with Crippen molar-refractivity contribution in [2.75, 3.05) is 39.3 Å². The molecule has 1 fully saturated rings. The van der Waals surface area contributed by atoms with Gasteiger partial charge in [0.1, 0.15) is 5.03 Å². The maximum Gasteiger partial charge on any atom is 0.104 e. The van der Waals surface area contributed by atoms with Crippen LogP contribution in [0.15, 0.2) is 52.5 Å². The normalized spacial score (nSPS) is 21.4. The molecule has 1 aromatic heterocycles. The number of piperazine rings is 1. The minimum Gasteiger partial charge on any atom is -0.396 e. The molecule has 25 heavy (non-hydrogen) atoms. The number of rotatable bonds is 4. The second kappa shape index (κ2) is 7.87. The van der Waals surface area contributed by atoms with Gasteiger partial charge in [-0.1, -0.05) is 36.0 Å². The van der Waals surface area contributed by atoms with Gasteiger partial charge in [0, 0.05) is 56.5 Å². The molecule has 4 rings (SSSR count). The van der Waals surface area contributed by atoms with Crippen molar-refractivity contribution in [2.45, 2.75) is 28.8 Å². The van der Waals surface area contributed by atoms with E-state index in [0.29, 0.717) is 6.04 Å². The summed E-state index contributed by atoms with van der Waals surface area (Å²) in [6.07, 6.45) is 3.81. The SMILES string of the molecule is OCCCN1CCN(C2Cc3cccnc3Sc3ccccc32)CC1. The van der Waals surface area contributed by atoms with E-state index in [9.17, 15) is 0 Å². The summed E-state index contributed by atoms with van der Waals surface area (Å²) in [6, 6.07) is 13.5. The highest BCUT2D eigenvalue weighted by atomic mass is 32.2. The maximum absolute atomic E-state index is 9.04. The third kappa shape index (κ3) is 3.75. The van der Waals surface area contributed by atoms with Crippen LogP contribution in [0.1, 0.15) is 23.6 Å². The number of fused-ring (bicyclic) bond motifs is 2. The fourth-order valence-electron chi connectivity index (χ4n) is 3.86. The predicted molar refractivity (Wildman–Crippen MR) is 101 cm³/mol. The van der Waals surface area contributed by atoms with Gasteiger partial charge in [-0.3, -0.25) is 4.90 Å². The minimum atomic E-state index is 0.289. The highest BCUT2D eigenvalue weighted by Crippen LogP contribution is 2.41. The summed E-state index contributed by atoms with van der Waals surface area (Å²) in [6.45, 7) is 5.65. The number of nitrogens with zero attached hydrogens (tertiary/aromatic N) is 3. The Balaban J connectivity index is 1.57. The van der Waals surface area contributed by atoms with Gasteiger partial charge < -0.3 is 10.0 Å². The summed E-state index contributed by atoms with van der Waals surface area (Å²) >= 11 is 1.81. The Labute approximate surface area is 153 Å². The summed E-state index contributed by atoms with van der Waals surface area (Å²) in [4.78, 5) is 11.1. The molecule has 2 aliphatic heterocycles. The first kappa shape index (κ1) is 17.0. The van der Waals surface area contributed by atoms with E-state index in [1.54, 1.807) is 11.8 Å². The first-order valence-corrected chi connectivity index (χ1v) is 9.95. The molecule has 0 amide bonds. The molecule has 5 heteroatoms. The van der Waals surface area contributed by atoms with Crippen LogP contribution in [-0.2, 0) is 6.42 Å². The average Bonchev–Trinajstić information content (AvgIpc) is 2.83. The van der Waals surface area contributed by atoms with Gasteiger partial charge in [0.15, 0.2) is 0 Å². The molecule has 2 aromatic rings. The Morgan fingerprint density at radius 3 is 2.76 bits per heavy atom. The number of aromatic nitrogens is 1. The molecule has 3 heterocycles. The maximum atomic E-state index is 9.04. The standard InChI is InChI=1S/C20H25N3OS/c24-14-4-9-22-10-12-23(13-11-22)18-15-16-5-3-8-21-20(16)25-19-7-2-1-6-17(18)19/h1-3,5-8,18,24H,4,9-15H2. The van der Waals surface area contributed by atoms with Crippen molar-refractivity contribution in [1.82, 2.24) is 14.8 Å². The second-order valence-corrected chi connectivity index (χ2v) is 7.81. The van der Waals surface area contributed by atoms with E-state index in [-0.39, 0.29) is 6.61 Å². The molecule has 0 saturated carbocycles. The second-order valence-electron chi connectivity index (χ2n) is 6.78. The lowest BCUT2D eigenvalue weighted by Gasteiger charge is -2.39. The van der Waals surface area contributed by atoms with Gasteiger partial charge in [-0.15, -0.1) is 0 Å². The number of benzene rings is 1. The van der Waals surface area contributed by atoms with E-state index in [2.05, 4.69) is 51.2 Å². The van der Waals surface area contributed by atoms with Crippen LogP contribution in [0.3, 0.4) is 0 Å². The summed E-state index contributed by atoms with van der Waals surface area (Å²) in [5, 5.41) is 10.2. The molecular weight excluding hydrogens is 330 g/mol. The fourth-order valence-corrected chi connectivity index (χ4v) is 4.93. The third-order valence-electron chi connectivity index (χ3n) is 5.23. The molecular formula is C20H25N3OS. The van der Waals surface area contributed by atoms with Crippen molar-refractivity contribution in [2.24, 2.45) is 0 Å². The summed E-state index contributed by atoms with van der Waals surface area (Å²) in [5.41, 5.74) is 2.80. The van der Waals surface area contributed by atoms with Crippen LogP contribution in [0.4, 0.5) is 0 Å². The topological polar surface area (TPSA) is 39.6 Å². The van der Waals surface area contributed by atoms with Gasteiger partial charge in [0.05, 0.1) is 0 Å². The quantitative estimate of drug-likeness (QED) is 0.913. The monoisotopic (exact) mass is 355 g/mol. The van der Waals surface area contributed by atoms with E-state index >= 15 is 0 Å². The molecule has 1 saturated heterocycles. The number of pyridine rings is 1. The number of hydrogen-bond acceptors (Lipinski definition) is 5. The average molecular weight is 356 g/mol. The zero-order valence-electron chi connectivity index (χ0n) is 14.5. The van der Waals surface area contributed by atoms with E-state index in [0.717, 1.165) is 50.6 Å². The molecule has 0 aliphatic carbocycles. The van der Waals surface area contributed by atoms with Crippen LogP contribution >= 0.6 is 11.8 Å². The minimum absolute atomic E-state index is 0.289. The molecule has 1 aromatic carbocycles. The van der Waals surface area contributed by atoms with Gasteiger partial charge in [-0.2, -0.15) is 0 Å². The molecule has 1 unspecified atom stereocenters. The summed E-state index contributed by atoms with van der Waals surface area (Å²) < 4.78 is 0. The first-order valence-electron chi connectivity index (χ1n) is 9.13. The van der Waals surface area contributed by atoms with Crippen LogP contribution in [-0.4, -0.2) is 59.2 Å². The lowest BCUT2D eigenvalue weighted by Crippen LogP contribution is -2.48. The Morgan fingerprint density at radius 2 is 1.92 bits per heavy atom. The third-order valence-corrected chi connectivity index (χ3v) is 6.38. The van der Waals surface area contributed by atoms with Gasteiger partial charge in [0.25, 0.3) is 0 Å². The van der Waals surface area contributed by atoms with Crippen LogP contribution in [0.25, 0.3) is 0 Å². The molecule has 132 valence electrons. The van der Waals surface area contributed by atoms with Gasteiger partial charge in [0.2, 0.25) is 0 Å². The van der Waals surface area contributed by atoms with Crippen LogP contribution in [0, 0.1) is 0 Å². The van der Waals surface area contributed by atoms with Gasteiger partial charge in [-0.05, 0) is 36.1 Å². The van der Waals surface area contributed by atoms with Crippen molar-refractivity contribution in [3.8, 4) is 0 Å². The number of aliphatic hydroxyl groups is 1. The Bertz CT molecular complexity index is 716. The molecule has 1 N–H and O–H groups in total. The number of hydrogen-bond donors (Lipinski definition) is 1. The van der Waals surface area contributed by atoms with E-state index in [4.69, 9.17) is 5.11 Å². The van der Waals surface area contributed by atoms with Crippen molar-refractivity contribution >= 4 is 11.8 Å². The Kier molecular flexibility index (Phi) is 5.36. The lowest BCUT2D eigenvalue weighted by molar-refractivity contribution is 0.0899. The highest BCUT2D eigenvalue weighted by Gasteiger charge is 2.29. The summed E-state index contributed by atoms with van der Waals surface area (Å²) in [7, 11) is 0. The lowest BCUT2D eigenvalue weighted by atomic mass is 9.97. The predicted octanol–water partition coefficient (Wildman–Crippen LogP) is 2.83. The highest BCUT2D eigenvalue weighted by molar-refractivity contribution is 7.99. The van der Waals surface area contributed by atoms with Crippen molar-refractivity contribution in [3.05, 3.63) is 53.7 Å². The van der Waals surface area contributed by atoms with E-state index in [1.165, 1.54) is 16.0 Å². The molecule has 2 aliphatic rings. The number of aliphatic hydroxyl groups excluding tert-OH is 1. The van der Waals surface area contributed by atoms with Crippen molar-refractivity contribution < 1.29 is 5.11 Å². The van der Waals surface area contributed by atoms with E-state index in [1.807, 2.05) is 6.20 Å². The Hall–Kier alpha value is -1.40. The smallest absolute Gasteiger partial charge is 0.104 e. The first-order chi connectivity index (χ1) is 12.3. The van der Waals surface area contributed by atoms with Crippen molar-refractivity contribution in [3.63, 3.8) is 0 Å². The molecule has 0 spiro atoms. The van der Waals surface area contributed by atoms with Gasteiger partial charge >= 0.3 is 0 Å². The van der Waals surface area contributed by atoms with Gasteiger partial charge in [-0.25, -0.2) is 4.98 Å². The van der Waals surface area contributed by atoms with Crippen LogP contribution in [0.5, 0.6) is 0 Å². The molecule has 4 nitrogen and oxygen atoms in total. The molecule has 0 radical (unpaired) electrons. The largest absolute Gasteiger partial charge is 0.396 e. The fraction of sp³-hybridized carbons (Fsp3) is 0.450. The van der Waals surface area contributed by atoms with E-state index < -0.39 is 0 Å².